The van der Waals surface area contributed by atoms with Crippen LogP contribution in [0.3, 0.4) is 0 Å². The van der Waals surface area contributed by atoms with Gasteiger partial charge in [-0.25, -0.2) is 0 Å². The van der Waals surface area contributed by atoms with E-state index in [4.69, 9.17) is 0 Å². The van der Waals surface area contributed by atoms with Crippen LogP contribution in [0.2, 0.25) is 0 Å². The zero-order valence-electron chi connectivity index (χ0n) is 11.7. The first kappa shape index (κ1) is 12.7. The van der Waals surface area contributed by atoms with Gasteiger partial charge >= 0.3 is 0 Å². The number of likely N-dealkylation sites (tertiary alicyclic amines) is 1. The molecule has 102 valence electrons. The van der Waals surface area contributed by atoms with Crippen molar-refractivity contribution in [3.63, 3.8) is 0 Å². The Hall–Kier alpha value is -1.35. The summed E-state index contributed by atoms with van der Waals surface area (Å²) >= 11 is 0. The molecule has 3 heteroatoms. The summed E-state index contributed by atoms with van der Waals surface area (Å²) in [5.74, 6) is 1.17. The van der Waals surface area contributed by atoms with Gasteiger partial charge in [-0.1, -0.05) is 31.2 Å². The van der Waals surface area contributed by atoms with Gasteiger partial charge in [-0.05, 0) is 43.5 Å². The van der Waals surface area contributed by atoms with E-state index in [0.29, 0.717) is 6.04 Å². The van der Waals surface area contributed by atoms with Crippen LogP contribution in [0, 0.1) is 0 Å². The van der Waals surface area contributed by atoms with E-state index in [1.54, 1.807) is 0 Å². The summed E-state index contributed by atoms with van der Waals surface area (Å²) in [6.45, 7) is 6.51. The minimum absolute atomic E-state index is 0.343. The van der Waals surface area contributed by atoms with Gasteiger partial charge in [0.2, 0.25) is 0 Å². The molecule has 2 aliphatic heterocycles. The Morgan fingerprint density at radius 3 is 2.53 bits per heavy atom. The van der Waals surface area contributed by atoms with Gasteiger partial charge in [0.25, 0.3) is 0 Å². The maximum Gasteiger partial charge on any atom is 0.119 e. The second-order valence-corrected chi connectivity index (χ2v) is 5.43. The fraction of sp³-hybridized carbons (Fsp3) is 0.562. The van der Waals surface area contributed by atoms with Crippen LogP contribution in [0.4, 0.5) is 0 Å². The first-order valence-corrected chi connectivity index (χ1v) is 7.49. The van der Waals surface area contributed by atoms with Gasteiger partial charge in [0.1, 0.15) is 5.84 Å². The van der Waals surface area contributed by atoms with Crippen molar-refractivity contribution in [2.24, 2.45) is 4.99 Å². The molecule has 0 aliphatic carbocycles. The number of hydrogen-bond donors (Lipinski definition) is 1. The molecule has 1 fully saturated rings. The highest BCUT2D eigenvalue weighted by Crippen LogP contribution is 2.27. The van der Waals surface area contributed by atoms with Gasteiger partial charge in [0.15, 0.2) is 0 Å². The zero-order valence-corrected chi connectivity index (χ0v) is 11.7. The first-order chi connectivity index (χ1) is 9.38. The average molecular weight is 257 g/mol. The molecule has 0 radical (unpaired) electrons. The molecule has 2 aliphatic rings. The molecule has 0 aromatic heterocycles. The minimum Gasteiger partial charge on any atom is -0.370 e. The van der Waals surface area contributed by atoms with Crippen molar-refractivity contribution in [3.05, 3.63) is 35.4 Å². The maximum absolute atomic E-state index is 4.66. The SMILES string of the molecule is CCc1ccc(C(C2=NCCN2)N2CCCC2)cc1. The molecule has 1 atom stereocenters. The summed E-state index contributed by atoms with van der Waals surface area (Å²) in [6, 6.07) is 9.42. The largest absolute Gasteiger partial charge is 0.370 e. The third kappa shape index (κ3) is 2.66. The molecule has 1 unspecified atom stereocenters. The van der Waals surface area contributed by atoms with Crippen LogP contribution >= 0.6 is 0 Å². The van der Waals surface area contributed by atoms with E-state index >= 15 is 0 Å². The van der Waals surface area contributed by atoms with Crippen LogP contribution in [0.15, 0.2) is 29.3 Å². The van der Waals surface area contributed by atoms with Crippen molar-refractivity contribution in [2.75, 3.05) is 26.2 Å². The molecule has 0 saturated carbocycles. The fourth-order valence-electron chi connectivity index (χ4n) is 3.08. The maximum atomic E-state index is 4.66. The summed E-state index contributed by atoms with van der Waals surface area (Å²) in [6.07, 6.45) is 3.74. The first-order valence-electron chi connectivity index (χ1n) is 7.49. The highest BCUT2D eigenvalue weighted by atomic mass is 15.2. The van der Waals surface area contributed by atoms with E-state index in [1.165, 1.54) is 42.9 Å². The van der Waals surface area contributed by atoms with E-state index < -0.39 is 0 Å². The smallest absolute Gasteiger partial charge is 0.119 e. The van der Waals surface area contributed by atoms with Gasteiger partial charge in [-0.3, -0.25) is 9.89 Å². The summed E-state index contributed by atoms with van der Waals surface area (Å²) in [5.41, 5.74) is 2.79. The molecule has 1 N–H and O–H groups in total. The highest BCUT2D eigenvalue weighted by molar-refractivity contribution is 5.89. The molecule has 0 bridgehead atoms. The molecule has 0 amide bonds. The molecular formula is C16H23N3. The summed E-state index contributed by atoms with van der Waals surface area (Å²) in [4.78, 5) is 7.23. The van der Waals surface area contributed by atoms with Crippen molar-refractivity contribution < 1.29 is 0 Å². The number of nitrogens with zero attached hydrogens (tertiary/aromatic N) is 2. The standard InChI is InChI=1S/C16H23N3/c1-2-13-5-7-14(8-6-13)15(16-17-9-10-18-16)19-11-3-4-12-19/h5-8,15H,2-4,9-12H2,1H3,(H,17,18). The van der Waals surface area contributed by atoms with Crippen LogP contribution in [-0.4, -0.2) is 36.9 Å². The number of nitrogens with one attached hydrogen (secondary N) is 1. The van der Waals surface area contributed by atoms with Crippen LogP contribution < -0.4 is 5.32 Å². The quantitative estimate of drug-likeness (QED) is 0.897. The van der Waals surface area contributed by atoms with Crippen molar-refractivity contribution in [3.8, 4) is 0 Å². The Balaban J connectivity index is 1.88. The van der Waals surface area contributed by atoms with Crippen LogP contribution in [0.5, 0.6) is 0 Å². The van der Waals surface area contributed by atoms with E-state index in [9.17, 15) is 0 Å². The van der Waals surface area contributed by atoms with Gasteiger partial charge in [-0.15, -0.1) is 0 Å². The molecule has 3 nitrogen and oxygen atoms in total. The normalized spacial score (nSPS) is 21.2. The summed E-state index contributed by atoms with van der Waals surface area (Å²) < 4.78 is 0. The number of rotatable bonds is 4. The number of amidine groups is 1. The van der Waals surface area contributed by atoms with Crippen molar-refractivity contribution in [1.29, 1.82) is 0 Å². The number of aryl methyl sites for hydroxylation is 1. The molecule has 0 spiro atoms. The lowest BCUT2D eigenvalue weighted by Gasteiger charge is -2.28. The van der Waals surface area contributed by atoms with Crippen LogP contribution in [0.25, 0.3) is 0 Å². The van der Waals surface area contributed by atoms with Crippen LogP contribution in [0.1, 0.15) is 36.9 Å². The third-order valence-corrected chi connectivity index (χ3v) is 4.17. The van der Waals surface area contributed by atoms with Crippen molar-refractivity contribution >= 4 is 5.84 Å². The Morgan fingerprint density at radius 2 is 1.95 bits per heavy atom. The zero-order chi connectivity index (χ0) is 13.1. The molecule has 1 aromatic rings. The molecular weight excluding hydrogens is 234 g/mol. The monoisotopic (exact) mass is 257 g/mol. The van der Waals surface area contributed by atoms with Gasteiger partial charge < -0.3 is 5.32 Å². The predicted molar refractivity (Wildman–Crippen MR) is 79.7 cm³/mol. The Kier molecular flexibility index (Phi) is 3.83. The second-order valence-electron chi connectivity index (χ2n) is 5.43. The van der Waals surface area contributed by atoms with Gasteiger partial charge in [0, 0.05) is 6.54 Å². The van der Waals surface area contributed by atoms with E-state index in [-0.39, 0.29) is 0 Å². The number of hydrogen-bond acceptors (Lipinski definition) is 3. The molecule has 19 heavy (non-hydrogen) atoms. The molecule has 2 heterocycles. The lowest BCUT2D eigenvalue weighted by atomic mass is 10.0. The average Bonchev–Trinajstić information content (AvgIpc) is 3.13. The van der Waals surface area contributed by atoms with Gasteiger partial charge in [0.05, 0.1) is 12.6 Å². The summed E-state index contributed by atoms with van der Waals surface area (Å²) in [5, 5.41) is 3.47. The Bertz CT molecular complexity index is 444. The topological polar surface area (TPSA) is 27.6 Å². The highest BCUT2D eigenvalue weighted by Gasteiger charge is 2.29. The van der Waals surface area contributed by atoms with Crippen molar-refractivity contribution in [1.82, 2.24) is 10.2 Å². The summed E-state index contributed by atoms with van der Waals surface area (Å²) in [7, 11) is 0. The van der Waals surface area contributed by atoms with E-state index in [2.05, 4.69) is 46.4 Å². The fourth-order valence-corrected chi connectivity index (χ4v) is 3.08. The second kappa shape index (κ2) is 5.74. The lowest BCUT2D eigenvalue weighted by molar-refractivity contribution is 0.301. The lowest BCUT2D eigenvalue weighted by Crippen LogP contribution is -2.37. The van der Waals surface area contributed by atoms with Crippen LogP contribution in [-0.2, 0) is 6.42 Å². The Morgan fingerprint density at radius 1 is 1.21 bits per heavy atom. The minimum atomic E-state index is 0.343. The predicted octanol–water partition coefficient (Wildman–Crippen LogP) is 2.39. The molecule has 3 rings (SSSR count). The van der Waals surface area contributed by atoms with E-state index in [1.807, 2.05) is 0 Å². The van der Waals surface area contributed by atoms with Gasteiger partial charge in [-0.2, -0.15) is 0 Å². The molecule has 1 aromatic carbocycles. The number of aliphatic imine (C=N–C) groups is 1. The Labute approximate surface area is 115 Å². The van der Waals surface area contributed by atoms with E-state index in [0.717, 1.165) is 19.5 Å². The third-order valence-electron chi connectivity index (χ3n) is 4.17. The molecule has 1 saturated heterocycles. The number of benzene rings is 1. The van der Waals surface area contributed by atoms with Crippen molar-refractivity contribution in [2.45, 2.75) is 32.2 Å².